The molecule has 4 heteroatoms. The van der Waals surface area contributed by atoms with Crippen LogP contribution >= 0.6 is 0 Å². The molecule has 2 N–H and O–H groups in total. The molecule has 1 aliphatic heterocycles. The molecule has 1 heterocycles. The largest absolute Gasteiger partial charge is 0.487 e. The van der Waals surface area contributed by atoms with Gasteiger partial charge in [0.2, 0.25) is 0 Å². The molecular formula is C11H13NO3. The van der Waals surface area contributed by atoms with E-state index in [2.05, 4.69) is 4.74 Å². The van der Waals surface area contributed by atoms with Crippen LogP contribution in [-0.2, 0) is 9.53 Å². The van der Waals surface area contributed by atoms with Gasteiger partial charge in [0, 0.05) is 5.56 Å². The highest BCUT2D eigenvalue weighted by Gasteiger charge is 2.32. The summed E-state index contributed by atoms with van der Waals surface area (Å²) in [6, 6.07) is 7.30. The Morgan fingerprint density at radius 2 is 2.27 bits per heavy atom. The highest BCUT2D eigenvalue weighted by atomic mass is 16.5. The molecule has 1 aliphatic rings. The summed E-state index contributed by atoms with van der Waals surface area (Å²) in [5, 5.41) is 0. The molecule has 0 radical (unpaired) electrons. The van der Waals surface area contributed by atoms with Gasteiger partial charge in [0.05, 0.1) is 19.6 Å². The lowest BCUT2D eigenvalue weighted by atomic mass is 10.0. The maximum Gasteiger partial charge on any atom is 0.309 e. The highest BCUT2D eigenvalue weighted by molar-refractivity contribution is 5.70. The zero-order valence-corrected chi connectivity index (χ0v) is 8.47. The van der Waals surface area contributed by atoms with Gasteiger partial charge in [-0.1, -0.05) is 18.2 Å². The second kappa shape index (κ2) is 3.90. The number of carbonyl (C=O) groups excluding carboxylic acids is 1. The quantitative estimate of drug-likeness (QED) is 0.735. The molecule has 0 bridgehead atoms. The molecule has 1 aromatic rings. The molecule has 0 saturated heterocycles. The predicted octanol–water partition coefficient (Wildman–Crippen LogP) is 1.01. The first-order valence-corrected chi connectivity index (χ1v) is 4.80. The van der Waals surface area contributed by atoms with Crippen LogP contribution < -0.4 is 10.5 Å². The Kier molecular flexibility index (Phi) is 2.60. The third-order valence-corrected chi connectivity index (χ3v) is 2.55. The molecule has 0 aromatic heterocycles. The second-order valence-electron chi connectivity index (χ2n) is 3.50. The van der Waals surface area contributed by atoms with Crippen LogP contribution in [0, 0.1) is 0 Å². The Bertz CT molecular complexity index is 378. The molecule has 0 fully saturated rings. The molecule has 0 spiro atoms. The molecule has 4 nitrogen and oxygen atoms in total. The zero-order valence-electron chi connectivity index (χ0n) is 8.47. The standard InChI is InChI=1S/C11H13NO3/c1-14-10(13)6-9-11(12)7-4-2-3-5-8(7)15-9/h2-5,9,11H,6,12H2,1H3/t9-,11-/m1/s1. The molecule has 0 aliphatic carbocycles. The fourth-order valence-corrected chi connectivity index (χ4v) is 1.72. The van der Waals surface area contributed by atoms with Gasteiger partial charge in [0.15, 0.2) is 0 Å². The van der Waals surface area contributed by atoms with E-state index in [1.54, 1.807) is 0 Å². The first-order chi connectivity index (χ1) is 7.22. The minimum absolute atomic E-state index is 0.187. The van der Waals surface area contributed by atoms with Crippen LogP contribution in [0.3, 0.4) is 0 Å². The number of fused-ring (bicyclic) bond motifs is 1. The summed E-state index contributed by atoms with van der Waals surface area (Å²) >= 11 is 0. The minimum atomic E-state index is -0.310. The lowest BCUT2D eigenvalue weighted by Crippen LogP contribution is -2.28. The van der Waals surface area contributed by atoms with Crippen LogP contribution in [0.2, 0.25) is 0 Å². The van der Waals surface area contributed by atoms with Crippen molar-refractivity contribution in [3.8, 4) is 5.75 Å². The van der Waals surface area contributed by atoms with Gasteiger partial charge in [0.25, 0.3) is 0 Å². The zero-order chi connectivity index (χ0) is 10.8. The summed E-state index contributed by atoms with van der Waals surface area (Å²) in [5.74, 6) is 0.460. The highest BCUT2D eigenvalue weighted by Crippen LogP contribution is 2.35. The summed E-state index contributed by atoms with van der Waals surface area (Å²) in [6.07, 6.45) is -0.123. The van der Waals surface area contributed by atoms with Crippen LogP contribution in [0.4, 0.5) is 0 Å². The van der Waals surface area contributed by atoms with Crippen molar-refractivity contribution in [1.82, 2.24) is 0 Å². The SMILES string of the molecule is COC(=O)C[C@H]1Oc2ccccc2[C@H]1N. The number of nitrogens with two attached hydrogens (primary N) is 1. The fourth-order valence-electron chi connectivity index (χ4n) is 1.72. The number of esters is 1. The first kappa shape index (κ1) is 9.98. The molecule has 0 unspecified atom stereocenters. The Labute approximate surface area is 88.0 Å². The maximum absolute atomic E-state index is 11.1. The molecule has 1 aromatic carbocycles. The van der Waals surface area contributed by atoms with Crippen molar-refractivity contribution in [2.45, 2.75) is 18.6 Å². The van der Waals surface area contributed by atoms with Crippen LogP contribution in [0.1, 0.15) is 18.0 Å². The summed E-state index contributed by atoms with van der Waals surface area (Å²) in [4.78, 5) is 11.1. The minimum Gasteiger partial charge on any atom is -0.487 e. The average molecular weight is 207 g/mol. The lowest BCUT2D eigenvalue weighted by molar-refractivity contribution is -0.142. The lowest BCUT2D eigenvalue weighted by Gasteiger charge is -2.13. The van der Waals surface area contributed by atoms with Gasteiger partial charge in [-0.15, -0.1) is 0 Å². The van der Waals surface area contributed by atoms with Gasteiger partial charge >= 0.3 is 5.97 Å². The summed E-state index contributed by atoms with van der Waals surface area (Å²) in [6.45, 7) is 0. The van der Waals surface area contributed by atoms with Crippen molar-refractivity contribution in [3.05, 3.63) is 29.8 Å². The number of carbonyl (C=O) groups is 1. The van der Waals surface area contributed by atoms with E-state index in [0.717, 1.165) is 11.3 Å². The van der Waals surface area contributed by atoms with Crippen LogP contribution in [0.25, 0.3) is 0 Å². The number of ether oxygens (including phenoxy) is 2. The van der Waals surface area contributed by atoms with E-state index in [4.69, 9.17) is 10.5 Å². The maximum atomic E-state index is 11.1. The van der Waals surface area contributed by atoms with E-state index in [1.165, 1.54) is 7.11 Å². The monoisotopic (exact) mass is 207 g/mol. The Balaban J connectivity index is 2.13. The van der Waals surface area contributed by atoms with E-state index >= 15 is 0 Å². The molecule has 2 atom stereocenters. The predicted molar refractivity (Wildman–Crippen MR) is 54.4 cm³/mol. The van der Waals surface area contributed by atoms with Crippen molar-refractivity contribution >= 4 is 5.97 Å². The number of methoxy groups -OCH3 is 1. The first-order valence-electron chi connectivity index (χ1n) is 4.80. The van der Waals surface area contributed by atoms with E-state index in [9.17, 15) is 4.79 Å². The Morgan fingerprint density at radius 1 is 1.53 bits per heavy atom. The summed E-state index contributed by atoms with van der Waals surface area (Å²) in [7, 11) is 1.36. The number of benzene rings is 1. The fraction of sp³-hybridized carbons (Fsp3) is 0.364. The van der Waals surface area contributed by atoms with Gasteiger partial charge in [-0.05, 0) is 6.07 Å². The van der Waals surface area contributed by atoms with Crippen LogP contribution in [0.15, 0.2) is 24.3 Å². The van der Waals surface area contributed by atoms with Crippen LogP contribution in [0.5, 0.6) is 5.75 Å². The number of rotatable bonds is 2. The second-order valence-corrected chi connectivity index (χ2v) is 3.50. The van der Waals surface area contributed by atoms with E-state index < -0.39 is 0 Å². The van der Waals surface area contributed by atoms with Crippen LogP contribution in [-0.4, -0.2) is 19.2 Å². The molecule has 0 amide bonds. The van der Waals surface area contributed by atoms with Gasteiger partial charge < -0.3 is 15.2 Å². The van der Waals surface area contributed by atoms with Crippen molar-refractivity contribution in [1.29, 1.82) is 0 Å². The normalized spacial score (nSPS) is 23.1. The van der Waals surface area contributed by atoms with Gasteiger partial charge in [-0.2, -0.15) is 0 Å². The topological polar surface area (TPSA) is 61.5 Å². The third-order valence-electron chi connectivity index (χ3n) is 2.55. The van der Waals surface area contributed by atoms with Gasteiger partial charge in [-0.3, -0.25) is 4.79 Å². The van der Waals surface area contributed by atoms with Crippen molar-refractivity contribution < 1.29 is 14.3 Å². The van der Waals surface area contributed by atoms with E-state index in [-0.39, 0.29) is 24.5 Å². The summed E-state index contributed by atoms with van der Waals surface area (Å²) < 4.78 is 10.2. The molecule has 0 saturated carbocycles. The van der Waals surface area contributed by atoms with Gasteiger partial charge in [0.1, 0.15) is 11.9 Å². The molecule has 2 rings (SSSR count). The Morgan fingerprint density at radius 3 is 2.93 bits per heavy atom. The van der Waals surface area contributed by atoms with Gasteiger partial charge in [-0.25, -0.2) is 0 Å². The van der Waals surface area contributed by atoms with E-state index in [0.29, 0.717) is 0 Å². The molecular weight excluding hydrogens is 194 g/mol. The number of hydrogen-bond acceptors (Lipinski definition) is 4. The van der Waals surface area contributed by atoms with Crippen molar-refractivity contribution in [2.24, 2.45) is 5.73 Å². The van der Waals surface area contributed by atoms with Crippen molar-refractivity contribution in [2.75, 3.05) is 7.11 Å². The smallest absolute Gasteiger partial charge is 0.309 e. The van der Waals surface area contributed by atoms with Crippen molar-refractivity contribution in [3.63, 3.8) is 0 Å². The molecule has 15 heavy (non-hydrogen) atoms. The average Bonchev–Trinajstić information content (AvgIpc) is 2.57. The third kappa shape index (κ3) is 1.80. The number of hydrogen-bond donors (Lipinski definition) is 1. The summed E-state index contributed by atoms with van der Waals surface area (Å²) in [5.41, 5.74) is 6.91. The van der Waals surface area contributed by atoms with E-state index in [1.807, 2.05) is 24.3 Å². The number of para-hydroxylation sites is 1. The Hall–Kier alpha value is -1.55. The molecule has 80 valence electrons.